The minimum Gasteiger partial charge on any atom is -0.497 e. The van der Waals surface area contributed by atoms with Crippen LogP contribution in [0.25, 0.3) is 11.4 Å². The van der Waals surface area contributed by atoms with Crippen LogP contribution in [0.1, 0.15) is 17.0 Å². The van der Waals surface area contributed by atoms with Gasteiger partial charge in [-0.25, -0.2) is 9.97 Å². The second-order valence-electron chi connectivity index (χ2n) is 4.78. The lowest BCUT2D eigenvalue weighted by atomic mass is 10.1. The minimum absolute atomic E-state index is 0.757. The summed E-state index contributed by atoms with van der Waals surface area (Å²) >= 11 is 0. The van der Waals surface area contributed by atoms with E-state index in [1.807, 2.05) is 45.2 Å². The minimum atomic E-state index is 0.757. The summed E-state index contributed by atoms with van der Waals surface area (Å²) in [6.07, 6.45) is 0.951. The summed E-state index contributed by atoms with van der Waals surface area (Å²) < 4.78 is 5.25. The van der Waals surface area contributed by atoms with Gasteiger partial charge in [-0.3, -0.25) is 0 Å². The Bertz CT molecular complexity index is 573. The quantitative estimate of drug-likeness (QED) is 0.907. The van der Waals surface area contributed by atoms with Crippen molar-refractivity contribution in [3.8, 4) is 17.1 Å². The zero-order chi connectivity index (χ0) is 14.5. The van der Waals surface area contributed by atoms with Gasteiger partial charge in [0.25, 0.3) is 0 Å². The van der Waals surface area contributed by atoms with Crippen LogP contribution in [-0.4, -0.2) is 30.7 Å². The maximum Gasteiger partial charge on any atom is 0.159 e. The lowest BCUT2D eigenvalue weighted by molar-refractivity contribution is 0.415. The Kier molecular flexibility index (Phi) is 4.69. The van der Waals surface area contributed by atoms with Crippen molar-refractivity contribution >= 4 is 0 Å². The summed E-state index contributed by atoms with van der Waals surface area (Å²) in [5, 5.41) is 3.16. The fraction of sp³-hybridized carbons (Fsp3) is 0.375. The number of benzene rings is 1. The van der Waals surface area contributed by atoms with Gasteiger partial charge in [-0.2, -0.15) is 0 Å². The predicted molar refractivity (Wildman–Crippen MR) is 81.1 cm³/mol. The Balaban J connectivity index is 2.38. The van der Waals surface area contributed by atoms with Crippen molar-refractivity contribution in [2.75, 3.05) is 20.7 Å². The number of likely N-dealkylation sites (N-methyl/N-ethyl adjacent to an activating group) is 1. The van der Waals surface area contributed by atoms with Crippen LogP contribution in [0.2, 0.25) is 0 Å². The van der Waals surface area contributed by atoms with Crippen molar-refractivity contribution in [3.63, 3.8) is 0 Å². The first-order valence-corrected chi connectivity index (χ1v) is 6.79. The van der Waals surface area contributed by atoms with Crippen molar-refractivity contribution in [1.29, 1.82) is 0 Å². The second kappa shape index (κ2) is 6.48. The smallest absolute Gasteiger partial charge is 0.159 e. The molecule has 1 N–H and O–H groups in total. The van der Waals surface area contributed by atoms with Crippen LogP contribution < -0.4 is 10.1 Å². The standard InChI is InChI=1S/C16H21N3O/c1-11-15(8-9-17-3)12(2)19-16(18-11)13-6-5-7-14(10-13)20-4/h5-7,10,17H,8-9H2,1-4H3. The average Bonchev–Trinajstić information content (AvgIpc) is 2.46. The molecule has 0 saturated heterocycles. The molecule has 20 heavy (non-hydrogen) atoms. The molecule has 0 amide bonds. The number of nitrogens with zero attached hydrogens (tertiary/aromatic N) is 2. The summed E-state index contributed by atoms with van der Waals surface area (Å²) in [7, 11) is 3.62. The van der Waals surface area contributed by atoms with Crippen LogP contribution in [0.3, 0.4) is 0 Å². The third-order valence-electron chi connectivity index (χ3n) is 3.37. The lowest BCUT2D eigenvalue weighted by Gasteiger charge is -2.11. The monoisotopic (exact) mass is 271 g/mol. The van der Waals surface area contributed by atoms with Gasteiger partial charge < -0.3 is 10.1 Å². The SMILES string of the molecule is CNCCc1c(C)nc(-c2cccc(OC)c2)nc1C. The van der Waals surface area contributed by atoms with Gasteiger partial charge in [-0.1, -0.05) is 12.1 Å². The number of nitrogens with one attached hydrogen (secondary N) is 1. The summed E-state index contributed by atoms with van der Waals surface area (Å²) in [4.78, 5) is 9.28. The molecule has 0 aliphatic carbocycles. The first kappa shape index (κ1) is 14.5. The van der Waals surface area contributed by atoms with Crippen molar-refractivity contribution in [2.45, 2.75) is 20.3 Å². The molecule has 0 spiro atoms. The molecular formula is C16H21N3O. The Labute approximate surface area is 120 Å². The Morgan fingerprint density at radius 2 is 1.85 bits per heavy atom. The lowest BCUT2D eigenvalue weighted by Crippen LogP contribution is -2.13. The van der Waals surface area contributed by atoms with Gasteiger partial charge >= 0.3 is 0 Å². The van der Waals surface area contributed by atoms with Gasteiger partial charge in [0.2, 0.25) is 0 Å². The number of methoxy groups -OCH3 is 1. The highest BCUT2D eigenvalue weighted by molar-refractivity contribution is 5.58. The molecule has 0 aliphatic heterocycles. The molecule has 0 aliphatic rings. The van der Waals surface area contributed by atoms with Gasteiger partial charge in [0.05, 0.1) is 7.11 Å². The van der Waals surface area contributed by atoms with Crippen LogP contribution >= 0.6 is 0 Å². The van der Waals surface area contributed by atoms with E-state index in [1.165, 1.54) is 5.56 Å². The summed E-state index contributed by atoms with van der Waals surface area (Å²) in [5.41, 5.74) is 4.30. The van der Waals surface area contributed by atoms with Gasteiger partial charge in [-0.05, 0) is 51.6 Å². The fourth-order valence-electron chi connectivity index (χ4n) is 2.24. The molecule has 1 aromatic carbocycles. The van der Waals surface area contributed by atoms with Crippen LogP contribution in [0.15, 0.2) is 24.3 Å². The third kappa shape index (κ3) is 3.14. The van der Waals surface area contributed by atoms with E-state index in [4.69, 9.17) is 4.74 Å². The topological polar surface area (TPSA) is 47.0 Å². The van der Waals surface area contributed by atoms with E-state index in [9.17, 15) is 0 Å². The van der Waals surface area contributed by atoms with E-state index in [-0.39, 0.29) is 0 Å². The normalized spacial score (nSPS) is 10.6. The zero-order valence-electron chi connectivity index (χ0n) is 12.5. The second-order valence-corrected chi connectivity index (χ2v) is 4.78. The highest BCUT2D eigenvalue weighted by Gasteiger charge is 2.10. The number of hydrogen-bond donors (Lipinski definition) is 1. The van der Waals surface area contributed by atoms with Crippen molar-refractivity contribution in [3.05, 3.63) is 41.2 Å². The molecule has 0 atom stereocenters. The van der Waals surface area contributed by atoms with Crippen molar-refractivity contribution in [1.82, 2.24) is 15.3 Å². The van der Waals surface area contributed by atoms with E-state index in [0.29, 0.717) is 0 Å². The zero-order valence-corrected chi connectivity index (χ0v) is 12.5. The average molecular weight is 271 g/mol. The van der Waals surface area contributed by atoms with Crippen LogP contribution in [0.5, 0.6) is 5.75 Å². The Morgan fingerprint density at radius 1 is 1.15 bits per heavy atom. The maximum absolute atomic E-state index is 5.25. The van der Waals surface area contributed by atoms with Gasteiger partial charge in [-0.15, -0.1) is 0 Å². The molecule has 0 radical (unpaired) electrons. The predicted octanol–water partition coefficient (Wildman–Crippen LogP) is 2.53. The van der Waals surface area contributed by atoms with Gasteiger partial charge in [0.1, 0.15) is 5.75 Å². The number of hydrogen-bond acceptors (Lipinski definition) is 4. The van der Waals surface area contributed by atoms with E-state index in [2.05, 4.69) is 15.3 Å². The molecule has 4 heteroatoms. The number of aromatic nitrogens is 2. The van der Waals surface area contributed by atoms with Crippen LogP contribution in [0.4, 0.5) is 0 Å². The molecule has 1 aromatic heterocycles. The van der Waals surface area contributed by atoms with Crippen LogP contribution in [-0.2, 0) is 6.42 Å². The molecule has 1 heterocycles. The summed E-state index contributed by atoms with van der Waals surface area (Å²) in [6, 6.07) is 7.84. The molecule has 0 saturated carbocycles. The summed E-state index contributed by atoms with van der Waals surface area (Å²) in [5.74, 6) is 1.58. The molecule has 106 valence electrons. The third-order valence-corrected chi connectivity index (χ3v) is 3.37. The molecule has 4 nitrogen and oxygen atoms in total. The number of ether oxygens (including phenoxy) is 1. The van der Waals surface area contributed by atoms with E-state index in [1.54, 1.807) is 7.11 Å². The Morgan fingerprint density at radius 3 is 2.45 bits per heavy atom. The van der Waals surface area contributed by atoms with E-state index in [0.717, 1.165) is 41.5 Å². The van der Waals surface area contributed by atoms with Gasteiger partial charge in [0, 0.05) is 17.0 Å². The molecule has 2 aromatic rings. The first-order chi connectivity index (χ1) is 9.65. The van der Waals surface area contributed by atoms with Crippen molar-refractivity contribution in [2.24, 2.45) is 0 Å². The van der Waals surface area contributed by atoms with Gasteiger partial charge in [0.15, 0.2) is 5.82 Å². The largest absolute Gasteiger partial charge is 0.497 e. The van der Waals surface area contributed by atoms with E-state index < -0.39 is 0 Å². The molecule has 0 bridgehead atoms. The fourth-order valence-corrected chi connectivity index (χ4v) is 2.24. The number of rotatable bonds is 5. The van der Waals surface area contributed by atoms with Crippen molar-refractivity contribution < 1.29 is 4.74 Å². The number of aryl methyl sites for hydroxylation is 2. The molecule has 0 unspecified atom stereocenters. The summed E-state index contributed by atoms with van der Waals surface area (Å²) in [6.45, 7) is 5.02. The first-order valence-electron chi connectivity index (χ1n) is 6.79. The highest BCUT2D eigenvalue weighted by atomic mass is 16.5. The van der Waals surface area contributed by atoms with E-state index >= 15 is 0 Å². The molecular weight excluding hydrogens is 250 g/mol. The molecule has 0 fully saturated rings. The van der Waals surface area contributed by atoms with Crippen LogP contribution in [0, 0.1) is 13.8 Å². The molecule has 2 rings (SSSR count). The maximum atomic E-state index is 5.25. The highest BCUT2D eigenvalue weighted by Crippen LogP contribution is 2.22. The Hall–Kier alpha value is -1.94.